The topological polar surface area (TPSA) is 80.3 Å². The molecule has 26 heavy (non-hydrogen) atoms. The van der Waals surface area contributed by atoms with Crippen LogP contribution in [0.3, 0.4) is 0 Å². The summed E-state index contributed by atoms with van der Waals surface area (Å²) >= 11 is 0. The highest BCUT2D eigenvalue weighted by Gasteiger charge is 2.12. The van der Waals surface area contributed by atoms with Crippen molar-refractivity contribution < 1.29 is 4.52 Å². The van der Waals surface area contributed by atoms with Crippen LogP contribution in [-0.2, 0) is 20.0 Å². The van der Waals surface area contributed by atoms with Gasteiger partial charge in [0, 0.05) is 38.3 Å². The van der Waals surface area contributed by atoms with Crippen LogP contribution in [0.4, 0.5) is 0 Å². The smallest absolute Gasteiger partial charge is 0.191 e. The van der Waals surface area contributed by atoms with E-state index in [-0.39, 0.29) is 24.0 Å². The maximum absolute atomic E-state index is 5.43. The van der Waals surface area contributed by atoms with Crippen LogP contribution in [0.25, 0.3) is 0 Å². The van der Waals surface area contributed by atoms with Crippen molar-refractivity contribution in [1.29, 1.82) is 0 Å². The Morgan fingerprint density at radius 2 is 2.04 bits per heavy atom. The molecule has 2 heterocycles. The Kier molecular flexibility index (Phi) is 10.3. The molecule has 0 atom stereocenters. The van der Waals surface area contributed by atoms with Crippen LogP contribution in [0.1, 0.15) is 56.5 Å². The van der Waals surface area contributed by atoms with Gasteiger partial charge in [0.2, 0.25) is 0 Å². The highest BCUT2D eigenvalue weighted by Crippen LogP contribution is 2.22. The number of halogens is 1. The van der Waals surface area contributed by atoms with Gasteiger partial charge in [-0.05, 0) is 31.7 Å². The van der Waals surface area contributed by atoms with E-state index < -0.39 is 0 Å². The summed E-state index contributed by atoms with van der Waals surface area (Å²) in [7, 11) is 1.93. The van der Waals surface area contributed by atoms with Gasteiger partial charge < -0.3 is 15.2 Å². The molecule has 0 unspecified atom stereocenters. The first-order chi connectivity index (χ1) is 12.2. The second kappa shape index (κ2) is 11.9. The monoisotopic (exact) mass is 474 g/mol. The van der Waals surface area contributed by atoms with E-state index in [0.29, 0.717) is 12.5 Å². The van der Waals surface area contributed by atoms with Crippen LogP contribution >= 0.6 is 24.0 Å². The molecule has 0 aliphatic carbocycles. The van der Waals surface area contributed by atoms with Crippen molar-refractivity contribution in [1.82, 2.24) is 25.6 Å². The molecule has 0 fully saturated rings. The molecule has 8 heteroatoms. The standard InChI is InChI=1S/C18H30N6O.HI/c1-5-15(6-2)17-10-16(25-23-17)12-21-18(19-7-3)20-9-8-14-11-22-24(4)13-14;/h10-11,13,15H,5-9,12H2,1-4H3,(H2,19,20,21);1H. The Hall–Kier alpha value is -1.58. The molecule has 0 bridgehead atoms. The first-order valence-corrected chi connectivity index (χ1v) is 9.11. The Morgan fingerprint density at radius 1 is 1.27 bits per heavy atom. The number of hydrogen-bond acceptors (Lipinski definition) is 4. The van der Waals surface area contributed by atoms with Gasteiger partial charge in [-0.2, -0.15) is 5.10 Å². The second-order valence-corrected chi connectivity index (χ2v) is 6.13. The van der Waals surface area contributed by atoms with Crippen molar-refractivity contribution in [2.75, 3.05) is 13.1 Å². The molecule has 2 aromatic rings. The summed E-state index contributed by atoms with van der Waals surface area (Å²) in [5.41, 5.74) is 2.24. The molecule has 0 saturated carbocycles. The average Bonchev–Trinajstić information content (AvgIpc) is 3.23. The van der Waals surface area contributed by atoms with Crippen molar-refractivity contribution >= 4 is 29.9 Å². The molecule has 2 rings (SSSR count). The normalized spacial score (nSPS) is 11.5. The maximum atomic E-state index is 5.43. The third-order valence-electron chi connectivity index (χ3n) is 4.18. The van der Waals surface area contributed by atoms with Gasteiger partial charge in [-0.1, -0.05) is 19.0 Å². The van der Waals surface area contributed by atoms with E-state index in [1.165, 1.54) is 5.56 Å². The molecular formula is C18H31IN6O. The fraction of sp³-hybridized carbons (Fsp3) is 0.611. The second-order valence-electron chi connectivity index (χ2n) is 6.13. The fourth-order valence-electron chi connectivity index (χ4n) is 2.73. The molecule has 0 aliphatic heterocycles. The molecule has 0 aliphatic rings. The number of nitrogens with one attached hydrogen (secondary N) is 2. The SMILES string of the molecule is CCNC(=NCc1cc(C(CC)CC)no1)NCCc1cnn(C)c1.I. The summed E-state index contributed by atoms with van der Waals surface area (Å²) in [6, 6.07) is 2.03. The van der Waals surface area contributed by atoms with Crippen LogP contribution in [0.2, 0.25) is 0 Å². The number of nitrogens with zero attached hydrogens (tertiary/aromatic N) is 4. The third kappa shape index (κ3) is 6.97. The summed E-state index contributed by atoms with van der Waals surface area (Å²) < 4.78 is 7.25. The summed E-state index contributed by atoms with van der Waals surface area (Å²) in [4.78, 5) is 4.58. The van der Waals surface area contributed by atoms with Gasteiger partial charge in [0.05, 0.1) is 11.9 Å². The summed E-state index contributed by atoms with van der Waals surface area (Å²) in [6.07, 6.45) is 6.97. The van der Waals surface area contributed by atoms with Crippen molar-refractivity contribution in [2.45, 2.75) is 52.5 Å². The Morgan fingerprint density at radius 3 is 2.65 bits per heavy atom. The summed E-state index contributed by atoms with van der Waals surface area (Å²) in [5, 5.41) is 15.0. The number of rotatable bonds is 9. The van der Waals surface area contributed by atoms with E-state index in [1.54, 1.807) is 0 Å². The lowest BCUT2D eigenvalue weighted by Gasteiger charge is -2.10. The lowest BCUT2D eigenvalue weighted by molar-refractivity contribution is 0.372. The van der Waals surface area contributed by atoms with E-state index in [2.05, 4.69) is 46.7 Å². The predicted octanol–water partition coefficient (Wildman–Crippen LogP) is 3.23. The number of hydrogen-bond donors (Lipinski definition) is 2. The minimum Gasteiger partial charge on any atom is -0.359 e. The summed E-state index contributed by atoms with van der Waals surface area (Å²) in [6.45, 7) is 8.50. The zero-order chi connectivity index (χ0) is 18.1. The highest BCUT2D eigenvalue weighted by atomic mass is 127. The molecule has 146 valence electrons. The van der Waals surface area contributed by atoms with Crippen molar-refractivity contribution in [2.24, 2.45) is 12.0 Å². The number of guanidine groups is 1. The number of aromatic nitrogens is 3. The quantitative estimate of drug-likeness (QED) is 0.332. The van der Waals surface area contributed by atoms with Crippen LogP contribution in [0, 0.1) is 0 Å². The zero-order valence-electron chi connectivity index (χ0n) is 16.2. The molecule has 0 amide bonds. The van der Waals surface area contributed by atoms with E-state index in [0.717, 1.165) is 49.8 Å². The summed E-state index contributed by atoms with van der Waals surface area (Å²) in [5.74, 6) is 2.05. The fourth-order valence-corrected chi connectivity index (χ4v) is 2.73. The van der Waals surface area contributed by atoms with Crippen LogP contribution in [-0.4, -0.2) is 34.0 Å². The van der Waals surface area contributed by atoms with E-state index in [4.69, 9.17) is 4.52 Å². The van der Waals surface area contributed by atoms with Gasteiger partial charge in [0.15, 0.2) is 11.7 Å². The largest absolute Gasteiger partial charge is 0.359 e. The average molecular weight is 474 g/mol. The van der Waals surface area contributed by atoms with Crippen LogP contribution in [0.5, 0.6) is 0 Å². The molecule has 2 aromatic heterocycles. The highest BCUT2D eigenvalue weighted by molar-refractivity contribution is 14.0. The maximum Gasteiger partial charge on any atom is 0.191 e. The first-order valence-electron chi connectivity index (χ1n) is 9.11. The molecule has 0 spiro atoms. The van der Waals surface area contributed by atoms with E-state index in [1.807, 2.05) is 30.2 Å². The van der Waals surface area contributed by atoms with E-state index in [9.17, 15) is 0 Å². The van der Waals surface area contributed by atoms with Crippen molar-refractivity contribution in [3.63, 3.8) is 0 Å². The minimum absolute atomic E-state index is 0. The van der Waals surface area contributed by atoms with Crippen molar-refractivity contribution in [3.8, 4) is 0 Å². The van der Waals surface area contributed by atoms with Gasteiger partial charge in [-0.3, -0.25) is 4.68 Å². The van der Waals surface area contributed by atoms with Gasteiger partial charge >= 0.3 is 0 Å². The third-order valence-corrected chi connectivity index (χ3v) is 4.18. The minimum atomic E-state index is 0. The number of aliphatic imine (C=N–C) groups is 1. The van der Waals surface area contributed by atoms with Crippen LogP contribution < -0.4 is 10.6 Å². The van der Waals surface area contributed by atoms with Crippen molar-refractivity contribution in [3.05, 3.63) is 35.5 Å². The van der Waals surface area contributed by atoms with Gasteiger partial charge in [0.1, 0.15) is 6.54 Å². The molecule has 0 radical (unpaired) electrons. The molecule has 0 saturated heterocycles. The Bertz CT molecular complexity index is 662. The lowest BCUT2D eigenvalue weighted by atomic mass is 9.99. The zero-order valence-corrected chi connectivity index (χ0v) is 18.5. The molecule has 0 aromatic carbocycles. The number of aryl methyl sites for hydroxylation is 1. The Balaban J connectivity index is 0.00000338. The van der Waals surface area contributed by atoms with Crippen LogP contribution in [0.15, 0.2) is 28.0 Å². The lowest BCUT2D eigenvalue weighted by Crippen LogP contribution is -2.38. The van der Waals surface area contributed by atoms with Gasteiger partial charge in [0.25, 0.3) is 0 Å². The predicted molar refractivity (Wildman–Crippen MR) is 115 cm³/mol. The molecule has 2 N–H and O–H groups in total. The molecule has 7 nitrogen and oxygen atoms in total. The van der Waals surface area contributed by atoms with Gasteiger partial charge in [-0.25, -0.2) is 4.99 Å². The Labute approximate surface area is 173 Å². The molecular weight excluding hydrogens is 443 g/mol. The van der Waals surface area contributed by atoms with Gasteiger partial charge in [-0.15, -0.1) is 24.0 Å². The van der Waals surface area contributed by atoms with E-state index >= 15 is 0 Å². The first kappa shape index (κ1) is 22.5.